The van der Waals surface area contributed by atoms with Crippen LogP contribution in [0.3, 0.4) is 0 Å². The van der Waals surface area contributed by atoms with Crippen LogP contribution in [0.5, 0.6) is 5.75 Å². The van der Waals surface area contributed by atoms with Crippen molar-refractivity contribution in [2.45, 2.75) is 60.9 Å². The minimum Gasteiger partial charge on any atom is -0.489 e. The molecule has 0 saturated carbocycles. The SMILES string of the molecule is C[C@@H](c1ccc(S(N)(=O)=O)cc1)C1CC(C(N)=O)(N2CC[C@@H](Oc3cccc(C(F)(F)F)c3)C2)CCO1.Cl. The van der Waals surface area contributed by atoms with Gasteiger partial charge in [0.25, 0.3) is 0 Å². The van der Waals surface area contributed by atoms with Crippen LogP contribution in [0.2, 0.25) is 0 Å². The molecule has 2 aliphatic rings. The van der Waals surface area contributed by atoms with Crippen LogP contribution in [0, 0.1) is 0 Å². The number of rotatable bonds is 7. The summed E-state index contributed by atoms with van der Waals surface area (Å²) in [6, 6.07) is 10.9. The minimum absolute atomic E-state index is 0. The van der Waals surface area contributed by atoms with Crippen LogP contribution in [0.1, 0.15) is 43.2 Å². The molecule has 0 radical (unpaired) electrons. The van der Waals surface area contributed by atoms with Crippen molar-refractivity contribution < 1.29 is 35.9 Å². The van der Waals surface area contributed by atoms with Crippen molar-refractivity contribution in [2.75, 3.05) is 19.7 Å². The number of nitrogens with two attached hydrogens (primary N) is 2. The molecule has 2 aromatic carbocycles. The van der Waals surface area contributed by atoms with E-state index in [9.17, 15) is 26.4 Å². The molecule has 4 atom stereocenters. The zero-order chi connectivity index (χ0) is 27.0. The number of hydrogen-bond donors (Lipinski definition) is 2. The molecule has 4 N–H and O–H groups in total. The summed E-state index contributed by atoms with van der Waals surface area (Å²) in [5, 5.41) is 5.18. The molecule has 0 aliphatic carbocycles. The summed E-state index contributed by atoms with van der Waals surface area (Å²) in [5.41, 5.74) is 4.98. The predicted octanol–water partition coefficient (Wildman–Crippen LogP) is 3.43. The van der Waals surface area contributed by atoms with Crippen LogP contribution in [0.25, 0.3) is 0 Å². The van der Waals surface area contributed by atoms with Gasteiger partial charge in [-0.1, -0.05) is 25.1 Å². The van der Waals surface area contributed by atoms with Crippen molar-refractivity contribution in [1.29, 1.82) is 0 Å². The Hall–Kier alpha value is -2.38. The second-order valence-electron chi connectivity index (χ2n) is 9.66. The highest BCUT2D eigenvalue weighted by Crippen LogP contribution is 2.39. The molecule has 8 nitrogen and oxygen atoms in total. The monoisotopic (exact) mass is 577 g/mol. The first-order valence-corrected chi connectivity index (χ1v) is 13.5. The number of hydrogen-bond acceptors (Lipinski definition) is 6. The van der Waals surface area contributed by atoms with E-state index in [1.54, 1.807) is 12.1 Å². The first-order chi connectivity index (χ1) is 17.3. The lowest BCUT2D eigenvalue weighted by Crippen LogP contribution is -2.61. The highest BCUT2D eigenvalue weighted by atomic mass is 35.5. The van der Waals surface area contributed by atoms with Gasteiger partial charge in [-0.25, -0.2) is 13.6 Å². The normalized spacial score (nSPS) is 25.4. The van der Waals surface area contributed by atoms with Crippen LogP contribution >= 0.6 is 12.4 Å². The molecule has 38 heavy (non-hydrogen) atoms. The smallest absolute Gasteiger partial charge is 0.416 e. The Kier molecular flexibility index (Phi) is 9.04. The molecule has 2 fully saturated rings. The van der Waals surface area contributed by atoms with Crippen LogP contribution in [-0.2, 0) is 25.7 Å². The van der Waals surface area contributed by atoms with E-state index < -0.39 is 39.3 Å². The lowest BCUT2D eigenvalue weighted by molar-refractivity contribution is -0.142. The van der Waals surface area contributed by atoms with Crippen LogP contribution in [0.15, 0.2) is 53.4 Å². The molecule has 13 heteroatoms. The van der Waals surface area contributed by atoms with Crippen molar-refractivity contribution in [3.05, 3.63) is 59.7 Å². The average molecular weight is 578 g/mol. The topological polar surface area (TPSA) is 125 Å². The number of benzene rings is 2. The molecule has 0 bridgehead atoms. The second-order valence-corrected chi connectivity index (χ2v) is 11.2. The average Bonchev–Trinajstić information content (AvgIpc) is 3.31. The number of carbonyl (C=O) groups is 1. The number of nitrogens with zero attached hydrogens (tertiary/aromatic N) is 1. The van der Waals surface area contributed by atoms with Crippen molar-refractivity contribution in [3.8, 4) is 5.75 Å². The molecule has 1 amide bonds. The fourth-order valence-electron chi connectivity index (χ4n) is 5.19. The van der Waals surface area contributed by atoms with Gasteiger partial charge in [0.2, 0.25) is 15.9 Å². The number of amides is 1. The summed E-state index contributed by atoms with van der Waals surface area (Å²) >= 11 is 0. The van der Waals surface area contributed by atoms with Gasteiger partial charge < -0.3 is 15.2 Å². The van der Waals surface area contributed by atoms with Gasteiger partial charge >= 0.3 is 6.18 Å². The molecule has 0 aromatic heterocycles. The summed E-state index contributed by atoms with van der Waals surface area (Å²) < 4.78 is 74.2. The number of primary amides is 1. The maximum atomic E-state index is 13.1. The lowest BCUT2D eigenvalue weighted by Gasteiger charge is -2.46. The predicted molar refractivity (Wildman–Crippen MR) is 136 cm³/mol. The molecule has 2 aliphatic heterocycles. The van der Waals surface area contributed by atoms with Crippen molar-refractivity contribution in [1.82, 2.24) is 4.90 Å². The van der Waals surface area contributed by atoms with Crippen molar-refractivity contribution >= 4 is 28.3 Å². The summed E-state index contributed by atoms with van der Waals surface area (Å²) in [5.74, 6) is -0.540. The van der Waals surface area contributed by atoms with Gasteiger partial charge in [0.1, 0.15) is 17.4 Å². The van der Waals surface area contributed by atoms with Gasteiger partial charge in [0.15, 0.2) is 0 Å². The van der Waals surface area contributed by atoms with Gasteiger partial charge in [0, 0.05) is 32.0 Å². The van der Waals surface area contributed by atoms with Gasteiger partial charge in [-0.2, -0.15) is 13.2 Å². The van der Waals surface area contributed by atoms with E-state index in [0.29, 0.717) is 39.0 Å². The molecular formula is C25H31ClF3N3O5S. The highest BCUT2D eigenvalue weighted by molar-refractivity contribution is 7.89. The third kappa shape index (κ3) is 6.42. The van der Waals surface area contributed by atoms with E-state index in [4.69, 9.17) is 20.3 Å². The van der Waals surface area contributed by atoms with Crippen LogP contribution in [0.4, 0.5) is 13.2 Å². The van der Waals surface area contributed by atoms with E-state index >= 15 is 0 Å². The Balaban J connectivity index is 0.00000400. The summed E-state index contributed by atoms with van der Waals surface area (Å²) in [6.07, 6.45) is -4.01. The fraction of sp³-hybridized carbons (Fsp3) is 0.480. The highest BCUT2D eigenvalue weighted by Gasteiger charge is 2.50. The van der Waals surface area contributed by atoms with Gasteiger partial charge in [0.05, 0.1) is 16.6 Å². The lowest BCUT2D eigenvalue weighted by atomic mass is 9.79. The fourth-order valence-corrected chi connectivity index (χ4v) is 5.70. The number of halogens is 4. The second kappa shape index (κ2) is 11.4. The summed E-state index contributed by atoms with van der Waals surface area (Å²) in [6.45, 7) is 3.06. The number of likely N-dealkylation sites (tertiary alicyclic amines) is 1. The molecule has 2 unspecified atom stereocenters. The Bertz CT molecular complexity index is 1250. The quantitative estimate of drug-likeness (QED) is 0.519. The maximum absolute atomic E-state index is 13.1. The Morgan fingerprint density at radius 3 is 2.50 bits per heavy atom. The maximum Gasteiger partial charge on any atom is 0.416 e. The Morgan fingerprint density at radius 1 is 1.21 bits per heavy atom. The van der Waals surface area contributed by atoms with E-state index in [1.165, 1.54) is 24.3 Å². The number of ether oxygens (including phenoxy) is 2. The third-order valence-electron chi connectivity index (χ3n) is 7.35. The minimum atomic E-state index is -4.47. The van der Waals surface area contributed by atoms with Gasteiger partial charge in [-0.3, -0.25) is 9.69 Å². The molecule has 2 aromatic rings. The summed E-state index contributed by atoms with van der Waals surface area (Å²) in [7, 11) is -3.82. The largest absolute Gasteiger partial charge is 0.489 e. The van der Waals surface area contributed by atoms with E-state index in [-0.39, 0.29) is 35.1 Å². The Morgan fingerprint density at radius 2 is 1.89 bits per heavy atom. The molecule has 0 spiro atoms. The zero-order valence-electron chi connectivity index (χ0n) is 20.7. The Labute approximate surface area is 225 Å². The molecular weight excluding hydrogens is 547 g/mol. The number of sulfonamides is 1. The molecule has 2 heterocycles. The molecule has 2 saturated heterocycles. The van der Waals surface area contributed by atoms with Crippen molar-refractivity contribution in [2.24, 2.45) is 10.9 Å². The van der Waals surface area contributed by atoms with Crippen LogP contribution in [-0.4, -0.2) is 56.7 Å². The number of alkyl halides is 3. The third-order valence-corrected chi connectivity index (χ3v) is 8.28. The first kappa shape index (κ1) is 30.2. The van der Waals surface area contributed by atoms with Crippen LogP contribution < -0.4 is 15.6 Å². The number of primary sulfonamides is 1. The van der Waals surface area contributed by atoms with Gasteiger partial charge in [-0.15, -0.1) is 12.4 Å². The van der Waals surface area contributed by atoms with E-state index in [1.807, 2.05) is 11.8 Å². The van der Waals surface area contributed by atoms with E-state index in [2.05, 4.69) is 0 Å². The van der Waals surface area contributed by atoms with Gasteiger partial charge in [-0.05, 0) is 48.7 Å². The zero-order valence-corrected chi connectivity index (χ0v) is 22.3. The van der Waals surface area contributed by atoms with Crippen molar-refractivity contribution in [3.63, 3.8) is 0 Å². The van der Waals surface area contributed by atoms with E-state index in [0.717, 1.165) is 17.7 Å². The molecule has 210 valence electrons. The molecule has 4 rings (SSSR count). The first-order valence-electron chi connectivity index (χ1n) is 11.9. The number of carbonyl (C=O) groups excluding carboxylic acids is 1. The standard InChI is InChI=1S/C25H30F3N3O5S.ClH/c1-16(17-5-7-21(8-6-17)37(30,33)34)22-14-24(23(29)32,10-12-35-22)31-11-9-20(15-31)36-19-4-2-3-18(13-19)25(26,27)28;/h2-8,13,16,20,22H,9-12,14-15H2,1H3,(H2,29,32)(H2,30,33,34);1H/t16-,20+,22?,24?;/m0./s1. The summed E-state index contributed by atoms with van der Waals surface area (Å²) in [4.78, 5) is 14.8.